The molecule has 0 aromatic heterocycles. The smallest absolute Gasteiger partial charge is 0.326 e. The number of benzene rings is 2. The number of hydrogen-bond acceptors (Lipinski definition) is 3. The average molecular weight is 549 g/mol. The van der Waals surface area contributed by atoms with Crippen molar-refractivity contribution in [3.8, 4) is 11.5 Å². The van der Waals surface area contributed by atoms with Crippen molar-refractivity contribution < 1.29 is 14.3 Å². The summed E-state index contributed by atoms with van der Waals surface area (Å²) < 4.78 is 6.90. The minimum Gasteiger partial charge on any atom is -0.455 e. The molecule has 0 aliphatic heterocycles. The van der Waals surface area contributed by atoms with E-state index in [9.17, 15) is 9.59 Å². The van der Waals surface area contributed by atoms with Crippen LogP contribution in [0.3, 0.4) is 0 Å². The molecule has 0 saturated heterocycles. The first kappa shape index (κ1) is 20.9. The van der Waals surface area contributed by atoms with E-state index in [-0.39, 0.29) is 0 Å². The zero-order valence-electron chi connectivity index (χ0n) is 14.1. The molecule has 0 radical (unpaired) electrons. The molecule has 2 aromatic rings. The van der Waals surface area contributed by atoms with Crippen LogP contribution in [-0.4, -0.2) is 22.1 Å². The number of nitrogens with one attached hydrogen (secondary N) is 2. The van der Waals surface area contributed by atoms with Crippen LogP contribution < -0.4 is 15.4 Å². The number of anilines is 1. The first-order valence-electron chi connectivity index (χ1n) is 7.66. The number of carbonyl (C=O) groups is 2. The summed E-state index contributed by atoms with van der Waals surface area (Å²) in [5, 5.41) is 5.38. The Morgan fingerprint density at radius 1 is 1.15 bits per heavy atom. The van der Waals surface area contributed by atoms with Crippen LogP contribution in [-0.2, 0) is 4.79 Å². The summed E-state index contributed by atoms with van der Waals surface area (Å²) >= 11 is 9.74. The van der Waals surface area contributed by atoms with Gasteiger partial charge < -0.3 is 10.1 Å². The third kappa shape index (κ3) is 5.82. The predicted octanol–water partition coefficient (Wildman–Crippen LogP) is 5.66. The number of urea groups is 1. The van der Waals surface area contributed by atoms with Crippen LogP contribution in [0.2, 0.25) is 0 Å². The van der Waals surface area contributed by atoms with Gasteiger partial charge in [0, 0.05) is 9.80 Å². The Morgan fingerprint density at radius 3 is 2.42 bits per heavy atom. The summed E-state index contributed by atoms with van der Waals surface area (Å²) in [6.07, 6.45) is 0. The molecule has 0 heterocycles. The molecule has 0 bridgehead atoms. The zero-order valence-corrected chi connectivity index (χ0v) is 18.9. The molecule has 2 aromatic carbocycles. The van der Waals surface area contributed by atoms with Gasteiger partial charge in [0.1, 0.15) is 10.6 Å². The molecular formula is C18H17Br3N2O3. The number of alkyl halides is 2. The van der Waals surface area contributed by atoms with Crippen LogP contribution in [0.5, 0.6) is 11.5 Å². The number of rotatable bonds is 5. The lowest BCUT2D eigenvalue weighted by molar-refractivity contribution is -0.118. The number of aryl methyl sites for hydroxylation is 2. The molecule has 0 aliphatic rings. The highest BCUT2D eigenvalue weighted by atomic mass is 79.9. The molecule has 1 atom stereocenters. The third-order valence-corrected chi connectivity index (χ3v) is 6.14. The Labute approximate surface area is 177 Å². The summed E-state index contributed by atoms with van der Waals surface area (Å²) in [5.41, 5.74) is 2.32. The predicted molar refractivity (Wildman–Crippen MR) is 114 cm³/mol. The highest BCUT2D eigenvalue weighted by Crippen LogP contribution is 2.34. The van der Waals surface area contributed by atoms with Crippen LogP contribution in [0.4, 0.5) is 10.5 Å². The highest BCUT2D eigenvalue weighted by Gasteiger charge is 2.18. The van der Waals surface area contributed by atoms with Gasteiger partial charge in [-0.25, -0.2) is 4.79 Å². The quantitative estimate of drug-likeness (QED) is 0.473. The van der Waals surface area contributed by atoms with Gasteiger partial charge in [0.2, 0.25) is 5.91 Å². The molecule has 2 rings (SSSR count). The van der Waals surface area contributed by atoms with Crippen molar-refractivity contribution in [2.75, 3.05) is 10.6 Å². The zero-order chi connectivity index (χ0) is 19.3. The van der Waals surface area contributed by atoms with Gasteiger partial charge in [0.15, 0.2) is 5.75 Å². The van der Waals surface area contributed by atoms with E-state index in [1.165, 1.54) is 0 Å². The fourth-order valence-corrected chi connectivity index (χ4v) is 2.89. The molecule has 5 nitrogen and oxygen atoms in total. The summed E-state index contributed by atoms with van der Waals surface area (Å²) in [6.45, 7) is 3.82. The second kappa shape index (κ2) is 9.53. The Bertz CT molecular complexity index is 810. The summed E-state index contributed by atoms with van der Waals surface area (Å²) in [5.74, 6) is 0.732. The molecular weight excluding hydrogens is 532 g/mol. The number of amides is 3. The lowest BCUT2D eigenvalue weighted by Crippen LogP contribution is -2.39. The SMILES string of the molecule is Cc1cc(C)c(Oc2ccc(Br)cc2)c(NC(=O)NC(=O)C(Br)CBr)c1. The van der Waals surface area contributed by atoms with Crippen molar-refractivity contribution in [2.45, 2.75) is 18.7 Å². The molecule has 0 spiro atoms. The number of imide groups is 1. The Kier molecular flexibility index (Phi) is 7.67. The van der Waals surface area contributed by atoms with Crippen LogP contribution >= 0.6 is 47.8 Å². The lowest BCUT2D eigenvalue weighted by atomic mass is 10.1. The molecule has 2 N–H and O–H groups in total. The van der Waals surface area contributed by atoms with Gasteiger partial charge >= 0.3 is 6.03 Å². The first-order valence-corrected chi connectivity index (χ1v) is 10.5. The van der Waals surface area contributed by atoms with Gasteiger partial charge in [-0.3, -0.25) is 10.1 Å². The Balaban J connectivity index is 2.23. The maximum atomic E-state index is 12.2. The normalized spacial score (nSPS) is 11.6. The van der Waals surface area contributed by atoms with E-state index in [0.29, 0.717) is 22.5 Å². The topological polar surface area (TPSA) is 67.4 Å². The standard InChI is InChI=1S/C18H17Br3N2O3/c1-10-7-11(2)16(26-13-5-3-12(20)4-6-13)15(8-10)22-18(25)23-17(24)14(21)9-19/h3-8,14H,9H2,1-2H3,(H2,22,23,24,25). The van der Waals surface area contributed by atoms with E-state index >= 15 is 0 Å². The molecule has 0 fully saturated rings. The minimum atomic E-state index is -0.619. The molecule has 0 saturated carbocycles. The van der Waals surface area contributed by atoms with Gasteiger partial charge in [-0.15, -0.1) is 0 Å². The van der Waals surface area contributed by atoms with Crippen LogP contribution in [0.15, 0.2) is 40.9 Å². The molecule has 1 unspecified atom stereocenters. The van der Waals surface area contributed by atoms with Gasteiger partial charge in [0.05, 0.1) is 5.69 Å². The maximum Gasteiger partial charge on any atom is 0.326 e. The lowest BCUT2D eigenvalue weighted by Gasteiger charge is -2.16. The fraction of sp³-hybridized carbons (Fsp3) is 0.222. The van der Waals surface area contributed by atoms with Crippen molar-refractivity contribution in [1.29, 1.82) is 0 Å². The van der Waals surface area contributed by atoms with Crippen LogP contribution in [0.25, 0.3) is 0 Å². The van der Waals surface area contributed by atoms with E-state index < -0.39 is 16.8 Å². The van der Waals surface area contributed by atoms with E-state index in [1.807, 2.05) is 44.2 Å². The highest BCUT2D eigenvalue weighted by molar-refractivity contribution is 9.12. The number of halogens is 3. The number of hydrogen-bond donors (Lipinski definition) is 2. The monoisotopic (exact) mass is 546 g/mol. The van der Waals surface area contributed by atoms with Crippen LogP contribution in [0.1, 0.15) is 11.1 Å². The molecule has 138 valence electrons. The molecule has 0 aliphatic carbocycles. The van der Waals surface area contributed by atoms with Crippen LogP contribution in [0, 0.1) is 13.8 Å². The third-order valence-electron chi connectivity index (χ3n) is 3.36. The maximum absolute atomic E-state index is 12.2. The van der Waals surface area contributed by atoms with Crippen molar-refractivity contribution in [1.82, 2.24) is 5.32 Å². The van der Waals surface area contributed by atoms with Crippen molar-refractivity contribution in [3.05, 3.63) is 52.0 Å². The van der Waals surface area contributed by atoms with Gasteiger partial charge in [-0.1, -0.05) is 53.9 Å². The van der Waals surface area contributed by atoms with E-state index in [0.717, 1.165) is 15.6 Å². The van der Waals surface area contributed by atoms with Gasteiger partial charge in [0.25, 0.3) is 0 Å². The summed E-state index contributed by atoms with van der Waals surface area (Å²) in [6, 6.07) is 10.5. The fourth-order valence-electron chi connectivity index (χ4n) is 2.22. The summed E-state index contributed by atoms with van der Waals surface area (Å²) in [4.78, 5) is 23.5. The van der Waals surface area contributed by atoms with Crippen molar-refractivity contribution in [3.63, 3.8) is 0 Å². The van der Waals surface area contributed by atoms with Crippen molar-refractivity contribution >= 4 is 65.4 Å². The van der Waals surface area contributed by atoms with Gasteiger partial charge in [-0.2, -0.15) is 0 Å². The van der Waals surface area contributed by atoms with E-state index in [2.05, 4.69) is 58.4 Å². The van der Waals surface area contributed by atoms with E-state index in [4.69, 9.17) is 4.74 Å². The van der Waals surface area contributed by atoms with Gasteiger partial charge in [-0.05, 0) is 55.3 Å². The first-order chi connectivity index (χ1) is 12.3. The molecule has 8 heteroatoms. The average Bonchev–Trinajstić information content (AvgIpc) is 2.58. The second-order valence-electron chi connectivity index (χ2n) is 5.58. The Hall–Kier alpha value is -1.38. The minimum absolute atomic E-state index is 0.396. The second-order valence-corrected chi connectivity index (χ2v) is 8.25. The molecule has 3 amide bonds. The largest absolute Gasteiger partial charge is 0.455 e. The number of carbonyl (C=O) groups excluding carboxylic acids is 2. The molecule has 26 heavy (non-hydrogen) atoms. The van der Waals surface area contributed by atoms with Crippen molar-refractivity contribution in [2.24, 2.45) is 0 Å². The number of ether oxygens (including phenoxy) is 1. The summed E-state index contributed by atoms with van der Waals surface area (Å²) in [7, 11) is 0. The Morgan fingerprint density at radius 2 is 1.81 bits per heavy atom. The van der Waals surface area contributed by atoms with E-state index in [1.54, 1.807) is 6.07 Å².